The molecule has 0 aliphatic heterocycles. The summed E-state index contributed by atoms with van der Waals surface area (Å²) in [5, 5.41) is 11.4. The highest BCUT2D eigenvalue weighted by molar-refractivity contribution is 6.35. The van der Waals surface area contributed by atoms with E-state index < -0.39 is 17.7 Å². The van der Waals surface area contributed by atoms with Crippen molar-refractivity contribution < 1.29 is 19.1 Å². The molecular formula is C15H11ClFNO3. The summed E-state index contributed by atoms with van der Waals surface area (Å²) in [7, 11) is 0. The van der Waals surface area contributed by atoms with Gasteiger partial charge in [0, 0.05) is 0 Å². The van der Waals surface area contributed by atoms with Crippen molar-refractivity contribution in [1.29, 1.82) is 0 Å². The predicted molar refractivity (Wildman–Crippen MR) is 77.5 cm³/mol. The number of carboxylic acids is 1. The molecule has 4 nitrogen and oxygen atoms in total. The van der Waals surface area contributed by atoms with E-state index in [1.807, 2.05) is 0 Å². The predicted octanol–water partition coefficient (Wildman–Crippen LogP) is 3.74. The largest absolute Gasteiger partial charge is 0.478 e. The summed E-state index contributed by atoms with van der Waals surface area (Å²) in [6.07, 6.45) is 0. The van der Waals surface area contributed by atoms with Crippen molar-refractivity contribution in [3.63, 3.8) is 0 Å². The summed E-state index contributed by atoms with van der Waals surface area (Å²) in [6, 6.07) is 8.19. The van der Waals surface area contributed by atoms with Gasteiger partial charge in [0.15, 0.2) is 0 Å². The zero-order valence-electron chi connectivity index (χ0n) is 11.0. The van der Waals surface area contributed by atoms with E-state index in [4.69, 9.17) is 16.7 Å². The van der Waals surface area contributed by atoms with Gasteiger partial charge in [-0.15, -0.1) is 0 Å². The second-order valence-corrected chi connectivity index (χ2v) is 4.77. The maximum Gasteiger partial charge on any atom is 0.335 e. The SMILES string of the molecule is Cc1cccc(C(=O)Nc2ccc(C(=O)O)cc2F)c1Cl. The molecule has 2 aromatic rings. The van der Waals surface area contributed by atoms with Crippen LogP contribution in [0.4, 0.5) is 10.1 Å². The summed E-state index contributed by atoms with van der Waals surface area (Å²) < 4.78 is 13.8. The maximum atomic E-state index is 13.8. The smallest absolute Gasteiger partial charge is 0.335 e. The minimum absolute atomic E-state index is 0.109. The molecule has 0 aromatic heterocycles. The van der Waals surface area contributed by atoms with Gasteiger partial charge in [-0.05, 0) is 36.8 Å². The first-order valence-corrected chi connectivity index (χ1v) is 6.37. The first-order chi connectivity index (χ1) is 9.90. The normalized spacial score (nSPS) is 10.2. The van der Waals surface area contributed by atoms with E-state index in [1.54, 1.807) is 19.1 Å². The molecule has 0 aliphatic carbocycles. The Morgan fingerprint density at radius 1 is 1.24 bits per heavy atom. The third-order valence-electron chi connectivity index (χ3n) is 2.90. The fourth-order valence-electron chi connectivity index (χ4n) is 1.76. The van der Waals surface area contributed by atoms with Gasteiger partial charge in [-0.1, -0.05) is 23.7 Å². The van der Waals surface area contributed by atoms with Crippen LogP contribution in [0.25, 0.3) is 0 Å². The maximum absolute atomic E-state index is 13.8. The van der Waals surface area contributed by atoms with Crippen molar-refractivity contribution in [3.8, 4) is 0 Å². The highest BCUT2D eigenvalue weighted by Crippen LogP contribution is 2.22. The third kappa shape index (κ3) is 3.20. The standard InChI is InChI=1S/C15H11ClFNO3/c1-8-3-2-4-10(13(8)16)14(19)18-12-6-5-9(15(20)21)7-11(12)17/h2-7H,1H3,(H,18,19)(H,20,21). The summed E-state index contributed by atoms with van der Waals surface area (Å²) >= 11 is 6.03. The third-order valence-corrected chi connectivity index (χ3v) is 3.40. The Bertz CT molecular complexity index is 731. The zero-order chi connectivity index (χ0) is 15.6. The average Bonchev–Trinajstić information content (AvgIpc) is 2.43. The van der Waals surface area contributed by atoms with E-state index in [0.29, 0.717) is 0 Å². The van der Waals surface area contributed by atoms with Crippen molar-refractivity contribution in [2.45, 2.75) is 6.92 Å². The van der Waals surface area contributed by atoms with Crippen LogP contribution in [0.15, 0.2) is 36.4 Å². The first kappa shape index (κ1) is 15.0. The fraction of sp³-hybridized carbons (Fsp3) is 0.0667. The molecule has 0 saturated heterocycles. The molecule has 0 atom stereocenters. The van der Waals surface area contributed by atoms with Crippen LogP contribution < -0.4 is 5.32 Å². The first-order valence-electron chi connectivity index (χ1n) is 5.99. The Kier molecular flexibility index (Phi) is 4.23. The van der Waals surface area contributed by atoms with Crippen LogP contribution in [0, 0.1) is 12.7 Å². The van der Waals surface area contributed by atoms with Crippen LogP contribution in [0.1, 0.15) is 26.3 Å². The Morgan fingerprint density at radius 2 is 1.95 bits per heavy atom. The fourth-order valence-corrected chi connectivity index (χ4v) is 1.97. The Balaban J connectivity index is 2.28. The summed E-state index contributed by atoms with van der Waals surface area (Å²) in [6.45, 7) is 1.75. The lowest BCUT2D eigenvalue weighted by atomic mass is 10.1. The highest BCUT2D eigenvalue weighted by atomic mass is 35.5. The van der Waals surface area contributed by atoms with Gasteiger partial charge in [-0.25, -0.2) is 9.18 Å². The molecule has 2 N–H and O–H groups in total. The molecule has 0 heterocycles. The number of carbonyl (C=O) groups excluding carboxylic acids is 1. The number of anilines is 1. The lowest BCUT2D eigenvalue weighted by molar-refractivity contribution is 0.0696. The molecule has 6 heteroatoms. The van der Waals surface area contributed by atoms with Crippen molar-refractivity contribution in [3.05, 3.63) is 63.9 Å². The number of aromatic carboxylic acids is 1. The molecule has 1 amide bonds. The lowest BCUT2D eigenvalue weighted by Gasteiger charge is -2.09. The van der Waals surface area contributed by atoms with Crippen LogP contribution in [0.3, 0.4) is 0 Å². The van der Waals surface area contributed by atoms with Gasteiger partial charge in [-0.2, -0.15) is 0 Å². The summed E-state index contributed by atoms with van der Waals surface area (Å²) in [5.74, 6) is -2.63. The highest BCUT2D eigenvalue weighted by Gasteiger charge is 2.15. The molecule has 0 unspecified atom stereocenters. The molecule has 108 valence electrons. The lowest BCUT2D eigenvalue weighted by Crippen LogP contribution is -2.14. The number of carbonyl (C=O) groups is 2. The number of halogens is 2. The molecule has 21 heavy (non-hydrogen) atoms. The van der Waals surface area contributed by atoms with Crippen LogP contribution in [-0.4, -0.2) is 17.0 Å². The van der Waals surface area contributed by atoms with Crippen molar-refractivity contribution in [2.24, 2.45) is 0 Å². The number of benzene rings is 2. The zero-order valence-corrected chi connectivity index (χ0v) is 11.7. The number of amides is 1. The second-order valence-electron chi connectivity index (χ2n) is 4.39. The van der Waals surface area contributed by atoms with Gasteiger partial charge >= 0.3 is 5.97 Å². The number of hydrogen-bond donors (Lipinski definition) is 2. The van der Waals surface area contributed by atoms with Crippen LogP contribution in [0.5, 0.6) is 0 Å². The van der Waals surface area contributed by atoms with Crippen molar-refractivity contribution in [2.75, 3.05) is 5.32 Å². The Labute approximate surface area is 125 Å². The Morgan fingerprint density at radius 3 is 2.57 bits per heavy atom. The molecule has 2 rings (SSSR count). The van der Waals surface area contributed by atoms with E-state index in [0.717, 1.165) is 11.6 Å². The van der Waals surface area contributed by atoms with Crippen LogP contribution in [-0.2, 0) is 0 Å². The molecule has 0 aliphatic rings. The molecule has 0 radical (unpaired) electrons. The van der Waals surface area contributed by atoms with Gasteiger partial charge in [0.1, 0.15) is 5.82 Å². The number of hydrogen-bond acceptors (Lipinski definition) is 2. The van der Waals surface area contributed by atoms with Gasteiger partial charge in [0.25, 0.3) is 5.91 Å². The minimum atomic E-state index is -1.24. The Hall–Kier alpha value is -2.40. The summed E-state index contributed by atoms with van der Waals surface area (Å²) in [5.41, 5.74) is 0.644. The molecule has 0 fully saturated rings. The van der Waals surface area contributed by atoms with Crippen molar-refractivity contribution >= 4 is 29.2 Å². The van der Waals surface area contributed by atoms with E-state index in [9.17, 15) is 14.0 Å². The van der Waals surface area contributed by atoms with Crippen LogP contribution >= 0.6 is 11.6 Å². The molecule has 2 aromatic carbocycles. The minimum Gasteiger partial charge on any atom is -0.478 e. The number of aryl methyl sites for hydroxylation is 1. The quantitative estimate of drug-likeness (QED) is 0.907. The number of rotatable bonds is 3. The molecule has 0 bridgehead atoms. The topological polar surface area (TPSA) is 66.4 Å². The molecular weight excluding hydrogens is 297 g/mol. The van der Waals surface area contributed by atoms with Crippen molar-refractivity contribution in [1.82, 2.24) is 0 Å². The van der Waals surface area contributed by atoms with E-state index in [-0.39, 0.29) is 21.8 Å². The number of nitrogens with one attached hydrogen (secondary N) is 1. The van der Waals surface area contributed by atoms with Gasteiger partial charge < -0.3 is 10.4 Å². The van der Waals surface area contributed by atoms with E-state index in [2.05, 4.69) is 5.32 Å². The molecule has 0 saturated carbocycles. The molecule has 0 spiro atoms. The van der Waals surface area contributed by atoms with Gasteiger partial charge in [0.05, 0.1) is 21.8 Å². The van der Waals surface area contributed by atoms with Gasteiger partial charge in [-0.3, -0.25) is 4.79 Å². The van der Waals surface area contributed by atoms with Crippen LogP contribution in [0.2, 0.25) is 5.02 Å². The second kappa shape index (κ2) is 5.93. The van der Waals surface area contributed by atoms with Gasteiger partial charge in [0.2, 0.25) is 0 Å². The monoisotopic (exact) mass is 307 g/mol. The van der Waals surface area contributed by atoms with E-state index in [1.165, 1.54) is 18.2 Å². The summed E-state index contributed by atoms with van der Waals surface area (Å²) in [4.78, 5) is 22.8. The number of carboxylic acid groups (broad SMARTS) is 1. The van der Waals surface area contributed by atoms with E-state index >= 15 is 0 Å². The average molecular weight is 308 g/mol.